The van der Waals surface area contributed by atoms with E-state index in [2.05, 4.69) is 16.4 Å². The third kappa shape index (κ3) is 2.71. The van der Waals surface area contributed by atoms with Crippen molar-refractivity contribution in [2.45, 2.75) is 6.42 Å². The number of aromatic nitrogens is 2. The van der Waals surface area contributed by atoms with Crippen LogP contribution in [-0.2, 0) is 13.5 Å². The van der Waals surface area contributed by atoms with Crippen LogP contribution in [0.5, 0.6) is 0 Å². The van der Waals surface area contributed by atoms with Gasteiger partial charge in [0.25, 0.3) is 5.91 Å². The minimum atomic E-state index is -0.438. The van der Waals surface area contributed by atoms with E-state index in [9.17, 15) is 9.59 Å². The Bertz CT molecular complexity index is 1130. The summed E-state index contributed by atoms with van der Waals surface area (Å²) in [6, 6.07) is 13.1. The number of nitrogens with one attached hydrogen (secondary N) is 2. The van der Waals surface area contributed by atoms with Crippen LogP contribution < -0.4 is 11.1 Å². The zero-order valence-electron chi connectivity index (χ0n) is 13.7. The van der Waals surface area contributed by atoms with Crippen molar-refractivity contribution in [3.05, 3.63) is 70.3 Å². The molecule has 2 aromatic heterocycles. The van der Waals surface area contributed by atoms with Crippen LogP contribution in [0.3, 0.4) is 0 Å². The maximum absolute atomic E-state index is 12.4. The number of oxazole rings is 1. The van der Waals surface area contributed by atoms with E-state index in [-0.39, 0.29) is 5.91 Å². The first-order chi connectivity index (χ1) is 12.1. The maximum Gasteiger partial charge on any atom is 0.419 e. The second kappa shape index (κ2) is 5.98. The van der Waals surface area contributed by atoms with E-state index in [1.165, 1.54) is 15.5 Å². The molecule has 126 valence electrons. The molecule has 0 atom stereocenters. The quantitative estimate of drug-likeness (QED) is 0.601. The van der Waals surface area contributed by atoms with Crippen LogP contribution >= 0.6 is 0 Å². The molecule has 0 bridgehead atoms. The van der Waals surface area contributed by atoms with E-state index >= 15 is 0 Å². The van der Waals surface area contributed by atoms with Gasteiger partial charge in [0.15, 0.2) is 5.58 Å². The predicted octanol–water partition coefficient (Wildman–Crippen LogP) is 2.59. The number of aromatic amines is 1. The lowest BCUT2D eigenvalue weighted by Gasteiger charge is -2.05. The molecule has 0 saturated carbocycles. The van der Waals surface area contributed by atoms with Crippen molar-refractivity contribution in [2.24, 2.45) is 7.05 Å². The Morgan fingerprint density at radius 1 is 1.24 bits per heavy atom. The minimum absolute atomic E-state index is 0.171. The number of H-pyrrole nitrogens is 1. The van der Waals surface area contributed by atoms with E-state index in [0.717, 1.165) is 11.9 Å². The summed E-state index contributed by atoms with van der Waals surface area (Å²) < 4.78 is 6.46. The van der Waals surface area contributed by atoms with Gasteiger partial charge in [0.1, 0.15) is 0 Å². The van der Waals surface area contributed by atoms with Crippen molar-refractivity contribution in [2.75, 3.05) is 6.54 Å². The van der Waals surface area contributed by atoms with E-state index in [1.54, 1.807) is 25.2 Å². The Kier molecular flexibility index (Phi) is 3.65. The van der Waals surface area contributed by atoms with Gasteiger partial charge in [-0.3, -0.25) is 9.36 Å². The van der Waals surface area contributed by atoms with E-state index < -0.39 is 5.76 Å². The number of rotatable bonds is 4. The van der Waals surface area contributed by atoms with E-state index in [4.69, 9.17) is 4.42 Å². The van der Waals surface area contributed by atoms with Crippen molar-refractivity contribution in [3.63, 3.8) is 0 Å². The maximum atomic E-state index is 12.4. The number of amides is 1. The summed E-state index contributed by atoms with van der Waals surface area (Å²) in [5, 5.41) is 4.09. The fourth-order valence-corrected chi connectivity index (χ4v) is 3.02. The molecule has 6 heteroatoms. The van der Waals surface area contributed by atoms with Crippen molar-refractivity contribution in [1.29, 1.82) is 0 Å². The van der Waals surface area contributed by atoms with Crippen LogP contribution in [0, 0.1) is 0 Å². The highest BCUT2D eigenvalue weighted by Gasteiger charge is 2.11. The van der Waals surface area contributed by atoms with Crippen LogP contribution in [0.2, 0.25) is 0 Å². The highest BCUT2D eigenvalue weighted by molar-refractivity contribution is 5.97. The number of benzene rings is 2. The number of nitrogens with zero attached hydrogens (tertiary/aromatic N) is 1. The number of carbonyl (C=O) groups excluding carboxylic acids is 1. The Balaban J connectivity index is 1.47. The topological polar surface area (TPSA) is 80.0 Å². The van der Waals surface area contributed by atoms with Crippen LogP contribution in [0.25, 0.3) is 22.0 Å². The lowest BCUT2D eigenvalue weighted by atomic mass is 10.1. The summed E-state index contributed by atoms with van der Waals surface area (Å²) >= 11 is 0. The molecule has 0 radical (unpaired) electrons. The third-order valence-electron chi connectivity index (χ3n) is 4.41. The Hall–Kier alpha value is -3.28. The fraction of sp³-hybridized carbons (Fsp3) is 0.158. The molecule has 0 saturated heterocycles. The first-order valence-electron chi connectivity index (χ1n) is 8.06. The Morgan fingerprint density at radius 2 is 2.08 bits per heavy atom. The van der Waals surface area contributed by atoms with Crippen molar-refractivity contribution < 1.29 is 9.21 Å². The smallest absolute Gasteiger partial charge is 0.408 e. The molecule has 0 aliphatic heterocycles. The van der Waals surface area contributed by atoms with Crippen LogP contribution in [-0.4, -0.2) is 22.0 Å². The van der Waals surface area contributed by atoms with Gasteiger partial charge in [0.2, 0.25) is 0 Å². The largest absolute Gasteiger partial charge is 0.419 e. The number of para-hydroxylation sites is 1. The van der Waals surface area contributed by atoms with Gasteiger partial charge in [-0.1, -0.05) is 18.2 Å². The van der Waals surface area contributed by atoms with Gasteiger partial charge in [-0.15, -0.1) is 0 Å². The van der Waals surface area contributed by atoms with Gasteiger partial charge in [0.05, 0.1) is 5.52 Å². The van der Waals surface area contributed by atoms with Gasteiger partial charge >= 0.3 is 5.76 Å². The molecule has 4 aromatic rings. The molecular formula is C19H17N3O3. The first-order valence-corrected chi connectivity index (χ1v) is 8.06. The number of fused-ring (bicyclic) bond motifs is 2. The Labute approximate surface area is 143 Å². The van der Waals surface area contributed by atoms with Gasteiger partial charge in [-0.2, -0.15) is 0 Å². The van der Waals surface area contributed by atoms with E-state index in [0.29, 0.717) is 23.2 Å². The zero-order chi connectivity index (χ0) is 17.4. The highest BCUT2D eigenvalue weighted by Crippen LogP contribution is 2.18. The molecule has 0 aliphatic rings. The van der Waals surface area contributed by atoms with Gasteiger partial charge < -0.3 is 14.7 Å². The van der Waals surface area contributed by atoms with Gasteiger partial charge in [0, 0.05) is 36.3 Å². The number of carbonyl (C=O) groups is 1. The molecule has 2 heterocycles. The van der Waals surface area contributed by atoms with Crippen molar-refractivity contribution in [1.82, 2.24) is 14.9 Å². The summed E-state index contributed by atoms with van der Waals surface area (Å²) in [5.74, 6) is -0.609. The second-order valence-corrected chi connectivity index (χ2v) is 5.97. The average molecular weight is 335 g/mol. The lowest BCUT2D eigenvalue weighted by Crippen LogP contribution is -2.25. The number of hydrogen-bond acceptors (Lipinski definition) is 3. The molecule has 0 fully saturated rings. The minimum Gasteiger partial charge on any atom is -0.408 e. The van der Waals surface area contributed by atoms with Crippen molar-refractivity contribution >= 4 is 27.9 Å². The standard InChI is InChI=1S/C19H17N3O3/c1-22-16-10-12(6-7-17(16)25-19(22)24)18(23)20-9-8-13-11-21-15-5-3-2-4-14(13)15/h2-7,10-11,21H,8-9H2,1H3,(H,20,23). The molecule has 0 aliphatic carbocycles. The third-order valence-corrected chi connectivity index (χ3v) is 4.41. The average Bonchev–Trinajstić information content (AvgIpc) is 3.16. The van der Waals surface area contributed by atoms with Crippen molar-refractivity contribution in [3.8, 4) is 0 Å². The van der Waals surface area contributed by atoms with Gasteiger partial charge in [-0.05, 0) is 36.2 Å². The molecule has 0 spiro atoms. The number of aryl methyl sites for hydroxylation is 1. The lowest BCUT2D eigenvalue weighted by molar-refractivity contribution is 0.0954. The van der Waals surface area contributed by atoms with Gasteiger partial charge in [-0.25, -0.2) is 4.79 Å². The molecule has 0 unspecified atom stereocenters. The van der Waals surface area contributed by atoms with Crippen LogP contribution in [0.4, 0.5) is 0 Å². The molecule has 2 aromatic carbocycles. The molecule has 4 rings (SSSR count). The normalized spacial score (nSPS) is 11.2. The summed E-state index contributed by atoms with van der Waals surface area (Å²) in [5.41, 5.74) is 3.85. The van der Waals surface area contributed by atoms with Crippen LogP contribution in [0.15, 0.2) is 57.9 Å². The predicted molar refractivity (Wildman–Crippen MR) is 95.8 cm³/mol. The molecule has 1 amide bonds. The zero-order valence-corrected chi connectivity index (χ0v) is 13.7. The highest BCUT2D eigenvalue weighted by atomic mass is 16.4. The second-order valence-electron chi connectivity index (χ2n) is 5.97. The molecular weight excluding hydrogens is 318 g/mol. The Morgan fingerprint density at radius 3 is 2.96 bits per heavy atom. The van der Waals surface area contributed by atoms with Crippen LogP contribution in [0.1, 0.15) is 15.9 Å². The molecule has 25 heavy (non-hydrogen) atoms. The summed E-state index contributed by atoms with van der Waals surface area (Å²) in [7, 11) is 1.62. The van der Waals surface area contributed by atoms with E-state index in [1.807, 2.05) is 24.4 Å². The molecule has 2 N–H and O–H groups in total. The summed E-state index contributed by atoms with van der Waals surface area (Å²) in [6.45, 7) is 0.531. The first kappa shape index (κ1) is 15.3. The molecule has 6 nitrogen and oxygen atoms in total. The summed E-state index contributed by atoms with van der Waals surface area (Å²) in [6.07, 6.45) is 2.71. The monoisotopic (exact) mass is 335 g/mol. The SMILES string of the molecule is Cn1c(=O)oc2ccc(C(=O)NCCc3c[nH]c4ccccc34)cc21. The summed E-state index contributed by atoms with van der Waals surface area (Å²) in [4.78, 5) is 27.1. The number of hydrogen-bond donors (Lipinski definition) is 2. The fourth-order valence-electron chi connectivity index (χ4n) is 3.02.